The minimum atomic E-state index is -0.545. The van der Waals surface area contributed by atoms with E-state index in [4.69, 9.17) is 0 Å². The molecule has 3 atom stereocenters. The van der Waals surface area contributed by atoms with Crippen molar-refractivity contribution in [2.75, 3.05) is 0 Å². The molecule has 0 aromatic carbocycles. The first-order valence-electron chi connectivity index (χ1n) is 8.25. The summed E-state index contributed by atoms with van der Waals surface area (Å²) in [6.07, 6.45) is 7.15. The fourth-order valence-corrected chi connectivity index (χ4v) is 3.38. The molecular weight excluding hydrogens is 308 g/mol. The van der Waals surface area contributed by atoms with Gasteiger partial charge in [-0.3, -0.25) is 14.3 Å². The van der Waals surface area contributed by atoms with Crippen molar-refractivity contribution in [3.8, 4) is 0 Å². The highest BCUT2D eigenvalue weighted by Crippen LogP contribution is 2.35. The van der Waals surface area contributed by atoms with Gasteiger partial charge in [-0.25, -0.2) is 0 Å². The van der Waals surface area contributed by atoms with Crippen LogP contribution >= 0.6 is 0 Å². The van der Waals surface area contributed by atoms with Crippen molar-refractivity contribution in [1.82, 2.24) is 19.7 Å². The molecule has 0 aliphatic heterocycles. The molecule has 2 N–H and O–H groups in total. The molecule has 24 heavy (non-hydrogen) atoms. The number of amides is 1. The smallest absolute Gasteiger partial charge is 0.257 e. The molecule has 0 radical (unpaired) electrons. The molecule has 2 saturated carbocycles. The molecular formula is C17H20N4O3. The third kappa shape index (κ3) is 2.54. The molecule has 0 saturated heterocycles. The molecule has 0 unspecified atom stereocenters. The van der Waals surface area contributed by atoms with E-state index in [2.05, 4.69) is 10.4 Å². The number of nitrogens with one attached hydrogen (secondary N) is 1. The first-order valence-corrected chi connectivity index (χ1v) is 8.25. The summed E-state index contributed by atoms with van der Waals surface area (Å²) >= 11 is 0. The van der Waals surface area contributed by atoms with Crippen LogP contribution in [0, 0.1) is 6.92 Å². The molecule has 7 nitrogen and oxygen atoms in total. The molecule has 126 valence electrons. The quantitative estimate of drug-likeness (QED) is 0.868. The van der Waals surface area contributed by atoms with E-state index in [9.17, 15) is 14.7 Å². The van der Waals surface area contributed by atoms with Gasteiger partial charge in [0.05, 0.1) is 18.2 Å². The lowest BCUT2D eigenvalue weighted by atomic mass is 9.83. The summed E-state index contributed by atoms with van der Waals surface area (Å²) in [5, 5.41) is 17.0. The summed E-state index contributed by atoms with van der Waals surface area (Å²) in [5.41, 5.74) is 0.776. The van der Waals surface area contributed by atoms with Crippen LogP contribution in [0.5, 0.6) is 0 Å². The first kappa shape index (κ1) is 15.1. The van der Waals surface area contributed by atoms with Crippen LogP contribution in [0.15, 0.2) is 35.5 Å². The fourth-order valence-electron chi connectivity index (χ4n) is 3.38. The van der Waals surface area contributed by atoms with E-state index in [0.29, 0.717) is 12.5 Å². The average Bonchev–Trinajstić information content (AvgIpc) is 3.23. The number of aliphatic hydroxyl groups is 1. The van der Waals surface area contributed by atoms with Crippen LogP contribution in [0.25, 0.3) is 0 Å². The Labute approximate surface area is 138 Å². The van der Waals surface area contributed by atoms with Crippen LogP contribution in [-0.4, -0.2) is 37.5 Å². The Hall–Kier alpha value is -2.41. The van der Waals surface area contributed by atoms with Gasteiger partial charge < -0.3 is 15.0 Å². The van der Waals surface area contributed by atoms with E-state index in [1.54, 1.807) is 29.3 Å². The van der Waals surface area contributed by atoms with Crippen molar-refractivity contribution in [1.29, 1.82) is 0 Å². The molecule has 2 fully saturated rings. The maximum Gasteiger partial charge on any atom is 0.257 e. The highest BCUT2D eigenvalue weighted by Gasteiger charge is 2.43. The monoisotopic (exact) mass is 328 g/mol. The van der Waals surface area contributed by atoms with Crippen LogP contribution in [0.3, 0.4) is 0 Å². The summed E-state index contributed by atoms with van der Waals surface area (Å²) in [4.78, 5) is 24.8. The number of nitrogens with zero attached hydrogens (tertiary/aromatic N) is 3. The van der Waals surface area contributed by atoms with Gasteiger partial charge in [-0.1, -0.05) is 0 Å². The minimum Gasteiger partial charge on any atom is -0.391 e. The van der Waals surface area contributed by atoms with Crippen LogP contribution < -0.4 is 10.7 Å². The molecule has 2 aromatic heterocycles. The lowest BCUT2D eigenvalue weighted by Gasteiger charge is -2.41. The predicted molar refractivity (Wildman–Crippen MR) is 86.9 cm³/mol. The third-order valence-corrected chi connectivity index (χ3v) is 4.91. The summed E-state index contributed by atoms with van der Waals surface area (Å²) in [6, 6.07) is 3.17. The van der Waals surface area contributed by atoms with Crippen molar-refractivity contribution >= 4 is 5.91 Å². The fraction of sp³-hybridized carbons (Fsp3) is 0.471. The van der Waals surface area contributed by atoms with Gasteiger partial charge in [-0.05, 0) is 32.3 Å². The lowest BCUT2D eigenvalue weighted by molar-refractivity contribution is -0.00590. The van der Waals surface area contributed by atoms with Gasteiger partial charge in [0.25, 0.3) is 5.91 Å². The topological polar surface area (TPSA) is 89.2 Å². The zero-order valence-electron chi connectivity index (χ0n) is 13.4. The maximum absolute atomic E-state index is 12.6. The molecule has 2 aromatic rings. The van der Waals surface area contributed by atoms with Crippen LogP contribution in [0.4, 0.5) is 0 Å². The highest BCUT2D eigenvalue weighted by atomic mass is 16.3. The largest absolute Gasteiger partial charge is 0.391 e. The molecule has 2 heterocycles. The second-order valence-electron chi connectivity index (χ2n) is 6.69. The molecule has 2 aliphatic carbocycles. The summed E-state index contributed by atoms with van der Waals surface area (Å²) in [5.74, 6) is -0.386. The van der Waals surface area contributed by atoms with E-state index in [1.165, 1.54) is 6.07 Å². The normalized spacial score (nSPS) is 26.0. The lowest BCUT2D eigenvalue weighted by Crippen LogP contribution is -2.56. The second-order valence-corrected chi connectivity index (χ2v) is 6.69. The van der Waals surface area contributed by atoms with Gasteiger partial charge in [0.2, 0.25) is 0 Å². The summed E-state index contributed by atoms with van der Waals surface area (Å²) < 4.78 is 3.66. The van der Waals surface area contributed by atoms with Crippen molar-refractivity contribution in [2.24, 2.45) is 0 Å². The Morgan fingerprint density at radius 2 is 2.21 bits per heavy atom. The number of rotatable bonds is 4. The number of hydrogen-bond acceptors (Lipinski definition) is 4. The van der Waals surface area contributed by atoms with Gasteiger partial charge in [0, 0.05) is 36.4 Å². The molecule has 1 amide bonds. The number of hydrogen-bond donors (Lipinski definition) is 2. The average molecular weight is 328 g/mol. The SMILES string of the molecule is Cc1cc(=O)c(C(=O)N[C@H]2C[C@@H](O)[C@@H]2n2cccn2)cn1C1CC1. The van der Waals surface area contributed by atoms with Crippen molar-refractivity contribution in [3.05, 3.63) is 52.2 Å². The van der Waals surface area contributed by atoms with Crippen molar-refractivity contribution in [3.63, 3.8) is 0 Å². The number of aromatic nitrogens is 3. The minimum absolute atomic E-state index is 0.160. The van der Waals surface area contributed by atoms with Gasteiger partial charge in [-0.15, -0.1) is 0 Å². The number of carbonyl (C=O) groups is 1. The zero-order valence-corrected chi connectivity index (χ0v) is 13.4. The Morgan fingerprint density at radius 1 is 1.42 bits per heavy atom. The maximum atomic E-state index is 12.6. The van der Waals surface area contributed by atoms with Crippen LogP contribution in [-0.2, 0) is 0 Å². The van der Waals surface area contributed by atoms with Crippen LogP contribution in [0.1, 0.15) is 47.4 Å². The van der Waals surface area contributed by atoms with Crippen molar-refractivity contribution < 1.29 is 9.90 Å². The van der Waals surface area contributed by atoms with Gasteiger partial charge in [-0.2, -0.15) is 5.10 Å². The van der Waals surface area contributed by atoms with Gasteiger partial charge >= 0.3 is 0 Å². The Balaban J connectivity index is 1.54. The Morgan fingerprint density at radius 3 is 2.83 bits per heavy atom. The van der Waals surface area contributed by atoms with Gasteiger partial charge in [0.15, 0.2) is 5.43 Å². The van der Waals surface area contributed by atoms with E-state index in [1.807, 2.05) is 11.5 Å². The summed E-state index contributed by atoms with van der Waals surface area (Å²) in [7, 11) is 0. The molecule has 0 spiro atoms. The predicted octanol–water partition coefficient (Wildman–Crippen LogP) is 0.792. The van der Waals surface area contributed by atoms with E-state index in [0.717, 1.165) is 18.5 Å². The first-order chi connectivity index (χ1) is 11.5. The number of aryl methyl sites for hydroxylation is 1. The molecule has 4 rings (SSSR count). The zero-order chi connectivity index (χ0) is 16.8. The second kappa shape index (κ2) is 5.59. The standard InChI is InChI=1S/C17H20N4O3/c1-10-7-14(22)12(9-20(10)11-3-4-11)17(24)19-13-8-15(23)16(13)21-6-2-5-18-21/h2,5-7,9,11,13,15-16,23H,3-4,8H2,1H3,(H,19,24)/t13-,15+,16+/m0/s1. The highest BCUT2D eigenvalue weighted by molar-refractivity contribution is 5.94. The van der Waals surface area contributed by atoms with Crippen LogP contribution in [0.2, 0.25) is 0 Å². The summed E-state index contributed by atoms with van der Waals surface area (Å²) in [6.45, 7) is 1.89. The van der Waals surface area contributed by atoms with E-state index >= 15 is 0 Å². The molecule has 0 bridgehead atoms. The van der Waals surface area contributed by atoms with Gasteiger partial charge in [0.1, 0.15) is 5.56 Å². The number of aliphatic hydroxyl groups excluding tert-OH is 1. The van der Waals surface area contributed by atoms with E-state index in [-0.39, 0.29) is 29.0 Å². The number of carbonyl (C=O) groups excluding carboxylic acids is 1. The molecule has 7 heteroatoms. The van der Waals surface area contributed by atoms with E-state index < -0.39 is 6.10 Å². The Kier molecular flexibility index (Phi) is 3.53. The Bertz CT molecular complexity index is 823. The molecule has 2 aliphatic rings. The number of pyridine rings is 1. The van der Waals surface area contributed by atoms with Crippen molar-refractivity contribution in [2.45, 2.75) is 50.4 Å². The third-order valence-electron chi connectivity index (χ3n) is 4.91.